The van der Waals surface area contributed by atoms with Crippen LogP contribution in [0.2, 0.25) is 0 Å². The van der Waals surface area contributed by atoms with Gasteiger partial charge in [0.1, 0.15) is 5.82 Å². The lowest BCUT2D eigenvalue weighted by Gasteiger charge is -2.16. The average molecular weight is 252 g/mol. The van der Waals surface area contributed by atoms with Gasteiger partial charge < -0.3 is 15.3 Å². The maximum absolute atomic E-state index is 12.7. The van der Waals surface area contributed by atoms with Gasteiger partial charge in [-0.25, -0.2) is 4.39 Å². The standard InChI is InChI=1S/C14H21FN2O/c15-13-5-3-12(4-6-13)14(18)11-16-7-10-17-8-1-2-9-17/h3-6,14,16,18H,1-2,7-11H2. The average Bonchev–Trinajstić information content (AvgIpc) is 2.88. The molecule has 0 spiro atoms. The predicted molar refractivity (Wildman–Crippen MR) is 69.9 cm³/mol. The SMILES string of the molecule is OC(CNCCN1CCCC1)c1ccc(F)cc1. The van der Waals surface area contributed by atoms with Crippen LogP contribution in [0, 0.1) is 5.82 Å². The second kappa shape index (κ2) is 6.83. The van der Waals surface area contributed by atoms with E-state index in [4.69, 9.17) is 0 Å². The number of halogens is 1. The van der Waals surface area contributed by atoms with Crippen molar-refractivity contribution in [2.45, 2.75) is 18.9 Å². The molecular weight excluding hydrogens is 231 g/mol. The van der Waals surface area contributed by atoms with Crippen molar-refractivity contribution in [2.75, 3.05) is 32.7 Å². The largest absolute Gasteiger partial charge is 0.387 e. The first-order valence-electron chi connectivity index (χ1n) is 6.62. The molecule has 2 N–H and O–H groups in total. The first-order valence-corrected chi connectivity index (χ1v) is 6.62. The van der Waals surface area contributed by atoms with Crippen molar-refractivity contribution in [1.82, 2.24) is 10.2 Å². The Kier molecular flexibility index (Phi) is 5.11. The van der Waals surface area contributed by atoms with Gasteiger partial charge >= 0.3 is 0 Å². The molecule has 0 bridgehead atoms. The summed E-state index contributed by atoms with van der Waals surface area (Å²) in [6.45, 7) is 4.83. The van der Waals surface area contributed by atoms with E-state index in [1.54, 1.807) is 12.1 Å². The highest BCUT2D eigenvalue weighted by Crippen LogP contribution is 2.12. The molecule has 4 heteroatoms. The minimum Gasteiger partial charge on any atom is -0.387 e. The molecule has 18 heavy (non-hydrogen) atoms. The summed E-state index contributed by atoms with van der Waals surface area (Å²) in [5.41, 5.74) is 0.755. The molecule has 0 radical (unpaired) electrons. The Morgan fingerprint density at radius 2 is 1.89 bits per heavy atom. The summed E-state index contributed by atoms with van der Waals surface area (Å²) in [5, 5.41) is 13.1. The number of hydrogen-bond donors (Lipinski definition) is 2. The summed E-state index contributed by atoms with van der Waals surface area (Å²) in [4.78, 5) is 2.43. The van der Waals surface area contributed by atoms with Crippen LogP contribution >= 0.6 is 0 Å². The number of nitrogens with zero attached hydrogens (tertiary/aromatic N) is 1. The van der Waals surface area contributed by atoms with Crippen LogP contribution in [-0.4, -0.2) is 42.7 Å². The molecule has 0 saturated carbocycles. The Bertz CT molecular complexity index is 349. The van der Waals surface area contributed by atoms with Crippen molar-refractivity contribution in [3.05, 3.63) is 35.6 Å². The van der Waals surface area contributed by atoms with Crippen molar-refractivity contribution in [1.29, 1.82) is 0 Å². The normalized spacial score (nSPS) is 18.1. The molecule has 1 aliphatic rings. The van der Waals surface area contributed by atoms with Gasteiger partial charge in [-0.3, -0.25) is 0 Å². The summed E-state index contributed by atoms with van der Waals surface area (Å²) < 4.78 is 12.7. The Labute approximate surface area is 108 Å². The third-order valence-corrected chi connectivity index (χ3v) is 3.40. The van der Waals surface area contributed by atoms with Crippen LogP contribution in [0.3, 0.4) is 0 Å². The van der Waals surface area contributed by atoms with E-state index in [1.165, 1.54) is 38.1 Å². The monoisotopic (exact) mass is 252 g/mol. The second-order valence-electron chi connectivity index (χ2n) is 4.82. The van der Waals surface area contributed by atoms with Crippen LogP contribution in [-0.2, 0) is 0 Å². The van der Waals surface area contributed by atoms with Gasteiger partial charge in [-0.2, -0.15) is 0 Å². The molecule has 1 unspecified atom stereocenters. The number of likely N-dealkylation sites (tertiary alicyclic amines) is 1. The van der Waals surface area contributed by atoms with E-state index < -0.39 is 6.10 Å². The summed E-state index contributed by atoms with van der Waals surface area (Å²) in [7, 11) is 0. The van der Waals surface area contributed by atoms with E-state index in [9.17, 15) is 9.50 Å². The first kappa shape index (κ1) is 13.5. The third-order valence-electron chi connectivity index (χ3n) is 3.40. The molecule has 0 aliphatic carbocycles. The molecule has 0 amide bonds. The molecule has 2 rings (SSSR count). The number of hydrogen-bond acceptors (Lipinski definition) is 3. The fourth-order valence-corrected chi connectivity index (χ4v) is 2.28. The lowest BCUT2D eigenvalue weighted by molar-refractivity contribution is 0.173. The number of rotatable bonds is 6. The molecule has 3 nitrogen and oxygen atoms in total. The molecule has 0 aromatic heterocycles. The van der Waals surface area contributed by atoms with Crippen LogP contribution in [0.1, 0.15) is 24.5 Å². The summed E-state index contributed by atoms with van der Waals surface area (Å²) in [5.74, 6) is -0.270. The second-order valence-corrected chi connectivity index (χ2v) is 4.82. The third kappa shape index (κ3) is 4.05. The molecule has 1 heterocycles. The van der Waals surface area contributed by atoms with Gasteiger partial charge in [-0.1, -0.05) is 12.1 Å². The van der Waals surface area contributed by atoms with E-state index in [2.05, 4.69) is 10.2 Å². The number of benzene rings is 1. The van der Waals surface area contributed by atoms with Gasteiger partial charge in [-0.15, -0.1) is 0 Å². The van der Waals surface area contributed by atoms with Crippen LogP contribution in [0.4, 0.5) is 4.39 Å². The minimum atomic E-state index is -0.566. The topological polar surface area (TPSA) is 35.5 Å². The Morgan fingerprint density at radius 3 is 2.56 bits per heavy atom. The highest BCUT2D eigenvalue weighted by atomic mass is 19.1. The van der Waals surface area contributed by atoms with Crippen LogP contribution in [0.25, 0.3) is 0 Å². The highest BCUT2D eigenvalue weighted by molar-refractivity contribution is 5.18. The van der Waals surface area contributed by atoms with Crippen LogP contribution in [0.15, 0.2) is 24.3 Å². The Hall–Kier alpha value is -0.970. The molecule has 1 saturated heterocycles. The minimum absolute atomic E-state index is 0.270. The number of aliphatic hydroxyl groups excluding tert-OH is 1. The molecular formula is C14H21FN2O. The zero-order valence-corrected chi connectivity index (χ0v) is 10.6. The van der Waals surface area contributed by atoms with Gasteiger partial charge in [0.05, 0.1) is 6.10 Å². The maximum Gasteiger partial charge on any atom is 0.123 e. The van der Waals surface area contributed by atoms with Crippen LogP contribution in [0.5, 0.6) is 0 Å². The summed E-state index contributed by atoms with van der Waals surface area (Å²) in [6, 6.07) is 6.01. The lowest BCUT2D eigenvalue weighted by atomic mass is 10.1. The lowest BCUT2D eigenvalue weighted by Crippen LogP contribution is -2.32. The van der Waals surface area contributed by atoms with E-state index in [0.29, 0.717) is 6.54 Å². The van der Waals surface area contributed by atoms with Gasteiger partial charge in [0, 0.05) is 19.6 Å². The quantitative estimate of drug-likeness (QED) is 0.754. The molecule has 1 fully saturated rings. The van der Waals surface area contributed by atoms with Crippen molar-refractivity contribution in [2.24, 2.45) is 0 Å². The smallest absolute Gasteiger partial charge is 0.123 e. The molecule has 1 aliphatic heterocycles. The van der Waals surface area contributed by atoms with Gasteiger partial charge in [0.15, 0.2) is 0 Å². The predicted octanol–water partition coefficient (Wildman–Crippen LogP) is 1.54. The van der Waals surface area contributed by atoms with Gasteiger partial charge in [0.25, 0.3) is 0 Å². The maximum atomic E-state index is 12.7. The van der Waals surface area contributed by atoms with Crippen molar-refractivity contribution >= 4 is 0 Å². The van der Waals surface area contributed by atoms with E-state index in [-0.39, 0.29) is 5.82 Å². The fraction of sp³-hybridized carbons (Fsp3) is 0.571. The van der Waals surface area contributed by atoms with Gasteiger partial charge in [0.2, 0.25) is 0 Å². The highest BCUT2D eigenvalue weighted by Gasteiger charge is 2.11. The molecule has 1 aromatic carbocycles. The molecule has 1 aromatic rings. The first-order chi connectivity index (χ1) is 8.75. The van der Waals surface area contributed by atoms with Crippen molar-refractivity contribution < 1.29 is 9.50 Å². The van der Waals surface area contributed by atoms with Crippen LogP contribution < -0.4 is 5.32 Å². The van der Waals surface area contributed by atoms with E-state index in [1.807, 2.05) is 0 Å². The van der Waals surface area contributed by atoms with E-state index >= 15 is 0 Å². The number of aliphatic hydroxyl groups is 1. The number of nitrogens with one attached hydrogen (secondary N) is 1. The summed E-state index contributed by atoms with van der Waals surface area (Å²) in [6.07, 6.45) is 2.04. The molecule has 1 atom stereocenters. The van der Waals surface area contributed by atoms with Gasteiger partial charge in [-0.05, 0) is 43.6 Å². The van der Waals surface area contributed by atoms with Crippen molar-refractivity contribution in [3.8, 4) is 0 Å². The summed E-state index contributed by atoms with van der Waals surface area (Å²) >= 11 is 0. The Balaban J connectivity index is 1.64. The van der Waals surface area contributed by atoms with Crippen molar-refractivity contribution in [3.63, 3.8) is 0 Å². The Morgan fingerprint density at radius 1 is 1.22 bits per heavy atom. The van der Waals surface area contributed by atoms with E-state index in [0.717, 1.165) is 18.7 Å². The molecule has 100 valence electrons. The zero-order valence-electron chi connectivity index (χ0n) is 10.6. The zero-order chi connectivity index (χ0) is 12.8. The fourth-order valence-electron chi connectivity index (χ4n) is 2.28.